The van der Waals surface area contributed by atoms with Crippen molar-refractivity contribution in [2.24, 2.45) is 5.92 Å². The van der Waals surface area contributed by atoms with Gasteiger partial charge in [-0.05, 0) is 48.2 Å². The maximum absolute atomic E-state index is 6.41. The van der Waals surface area contributed by atoms with Gasteiger partial charge in [-0.15, -0.1) is 0 Å². The molecule has 0 radical (unpaired) electrons. The van der Waals surface area contributed by atoms with Crippen LogP contribution in [-0.2, 0) is 13.2 Å². The SMILES string of the molecule is COc1cc(CNCCC(C)C)c(Cl)cc1OCc1ccc(Cl)cc1. The highest BCUT2D eigenvalue weighted by Gasteiger charge is 2.11. The fraction of sp³-hybridized carbons (Fsp3) is 0.400. The fourth-order valence-electron chi connectivity index (χ4n) is 2.34. The molecule has 0 aliphatic carbocycles. The minimum absolute atomic E-state index is 0.426. The first-order chi connectivity index (χ1) is 12.0. The van der Waals surface area contributed by atoms with Crippen molar-refractivity contribution in [2.45, 2.75) is 33.4 Å². The van der Waals surface area contributed by atoms with Crippen molar-refractivity contribution in [3.63, 3.8) is 0 Å². The highest BCUT2D eigenvalue weighted by molar-refractivity contribution is 6.31. The van der Waals surface area contributed by atoms with Gasteiger partial charge in [-0.25, -0.2) is 0 Å². The van der Waals surface area contributed by atoms with Crippen molar-refractivity contribution < 1.29 is 9.47 Å². The van der Waals surface area contributed by atoms with Gasteiger partial charge in [0.1, 0.15) is 6.61 Å². The molecule has 0 saturated heterocycles. The Morgan fingerprint density at radius 1 is 1.04 bits per heavy atom. The zero-order valence-corrected chi connectivity index (χ0v) is 16.5. The Morgan fingerprint density at radius 3 is 2.40 bits per heavy atom. The van der Waals surface area contributed by atoms with Gasteiger partial charge in [0.05, 0.1) is 7.11 Å². The van der Waals surface area contributed by atoms with E-state index in [1.165, 1.54) is 0 Å². The van der Waals surface area contributed by atoms with Gasteiger partial charge < -0.3 is 14.8 Å². The van der Waals surface area contributed by atoms with Crippen molar-refractivity contribution in [3.05, 3.63) is 57.6 Å². The van der Waals surface area contributed by atoms with Crippen LogP contribution in [-0.4, -0.2) is 13.7 Å². The summed E-state index contributed by atoms with van der Waals surface area (Å²) in [5, 5.41) is 4.79. The van der Waals surface area contributed by atoms with Gasteiger partial charge in [0.25, 0.3) is 0 Å². The van der Waals surface area contributed by atoms with E-state index in [1.54, 1.807) is 7.11 Å². The van der Waals surface area contributed by atoms with Gasteiger partial charge in [-0.2, -0.15) is 0 Å². The standard InChI is InChI=1S/C20H25Cl2NO2/c1-14(2)8-9-23-12-16-10-19(24-3)20(11-18(16)22)25-13-15-4-6-17(21)7-5-15/h4-7,10-11,14,23H,8-9,12-13H2,1-3H3. The fourth-order valence-corrected chi connectivity index (χ4v) is 2.69. The molecule has 2 aromatic carbocycles. The van der Waals surface area contributed by atoms with Crippen LogP contribution in [0.1, 0.15) is 31.4 Å². The minimum atomic E-state index is 0.426. The van der Waals surface area contributed by atoms with Crippen LogP contribution in [0.4, 0.5) is 0 Å². The molecule has 0 aliphatic heterocycles. The second-order valence-corrected chi connectivity index (χ2v) is 7.21. The lowest BCUT2D eigenvalue weighted by Crippen LogP contribution is -2.16. The lowest BCUT2D eigenvalue weighted by molar-refractivity contribution is 0.284. The van der Waals surface area contributed by atoms with E-state index >= 15 is 0 Å². The molecule has 2 aromatic rings. The first-order valence-electron chi connectivity index (χ1n) is 8.44. The summed E-state index contributed by atoms with van der Waals surface area (Å²) in [5.74, 6) is 1.99. The molecular formula is C20H25Cl2NO2. The maximum Gasteiger partial charge on any atom is 0.163 e. The zero-order chi connectivity index (χ0) is 18.2. The van der Waals surface area contributed by atoms with Gasteiger partial charge in [0.2, 0.25) is 0 Å². The van der Waals surface area contributed by atoms with Gasteiger partial charge in [-0.3, -0.25) is 0 Å². The number of hydrogen-bond acceptors (Lipinski definition) is 3. The molecule has 2 rings (SSSR count). The summed E-state index contributed by atoms with van der Waals surface area (Å²) in [6.45, 7) is 6.52. The molecule has 1 N–H and O–H groups in total. The molecule has 136 valence electrons. The van der Waals surface area contributed by atoms with Gasteiger partial charge in [-0.1, -0.05) is 49.2 Å². The predicted octanol–water partition coefficient (Wildman–Crippen LogP) is 5.72. The summed E-state index contributed by atoms with van der Waals surface area (Å²) in [7, 11) is 1.63. The average Bonchev–Trinajstić information content (AvgIpc) is 2.59. The molecule has 0 amide bonds. The van der Waals surface area contributed by atoms with E-state index in [9.17, 15) is 0 Å². The third-order valence-corrected chi connectivity index (χ3v) is 4.46. The van der Waals surface area contributed by atoms with E-state index in [4.69, 9.17) is 32.7 Å². The Kier molecular flexibility index (Phi) is 7.89. The number of rotatable bonds is 9. The number of halogens is 2. The number of ether oxygens (including phenoxy) is 2. The van der Waals surface area contributed by atoms with Crippen LogP contribution in [0.15, 0.2) is 36.4 Å². The van der Waals surface area contributed by atoms with Crippen molar-refractivity contribution in [3.8, 4) is 11.5 Å². The molecule has 5 heteroatoms. The quantitative estimate of drug-likeness (QED) is 0.563. The van der Waals surface area contributed by atoms with E-state index < -0.39 is 0 Å². The third-order valence-electron chi connectivity index (χ3n) is 3.85. The number of hydrogen-bond donors (Lipinski definition) is 1. The molecule has 25 heavy (non-hydrogen) atoms. The largest absolute Gasteiger partial charge is 0.493 e. The van der Waals surface area contributed by atoms with E-state index in [1.807, 2.05) is 36.4 Å². The zero-order valence-electron chi connectivity index (χ0n) is 14.9. The molecule has 0 heterocycles. The molecule has 0 spiro atoms. The van der Waals surface area contributed by atoms with Crippen LogP contribution in [0.5, 0.6) is 11.5 Å². The lowest BCUT2D eigenvalue weighted by atomic mass is 10.1. The molecule has 0 atom stereocenters. The van der Waals surface area contributed by atoms with Crippen molar-refractivity contribution >= 4 is 23.2 Å². The van der Waals surface area contributed by atoms with Crippen LogP contribution in [0, 0.1) is 5.92 Å². The van der Waals surface area contributed by atoms with Crippen LogP contribution in [0.3, 0.4) is 0 Å². The third kappa shape index (κ3) is 6.43. The van der Waals surface area contributed by atoms with Crippen LogP contribution in [0.2, 0.25) is 10.0 Å². The lowest BCUT2D eigenvalue weighted by Gasteiger charge is -2.15. The van der Waals surface area contributed by atoms with Crippen LogP contribution >= 0.6 is 23.2 Å². The highest BCUT2D eigenvalue weighted by Crippen LogP contribution is 2.34. The number of methoxy groups -OCH3 is 1. The van der Waals surface area contributed by atoms with E-state index in [2.05, 4.69) is 19.2 Å². The Bertz CT molecular complexity index is 672. The smallest absolute Gasteiger partial charge is 0.163 e. The summed E-state index contributed by atoms with van der Waals surface area (Å²) >= 11 is 12.3. The molecule has 0 unspecified atom stereocenters. The second kappa shape index (κ2) is 9.91. The number of benzene rings is 2. The average molecular weight is 382 g/mol. The topological polar surface area (TPSA) is 30.5 Å². The second-order valence-electron chi connectivity index (χ2n) is 6.37. The first-order valence-corrected chi connectivity index (χ1v) is 9.19. The summed E-state index contributed by atoms with van der Waals surface area (Å²) in [4.78, 5) is 0. The van der Waals surface area contributed by atoms with Crippen LogP contribution < -0.4 is 14.8 Å². The molecule has 0 aromatic heterocycles. The molecule has 0 aliphatic rings. The predicted molar refractivity (Wildman–Crippen MR) is 105 cm³/mol. The van der Waals surface area contributed by atoms with Crippen molar-refractivity contribution in [1.82, 2.24) is 5.32 Å². The van der Waals surface area contributed by atoms with E-state index in [-0.39, 0.29) is 0 Å². The summed E-state index contributed by atoms with van der Waals surface area (Å²) in [6.07, 6.45) is 1.14. The van der Waals surface area contributed by atoms with Gasteiger partial charge in [0, 0.05) is 22.7 Å². The molecule has 0 fully saturated rings. The van der Waals surface area contributed by atoms with Gasteiger partial charge >= 0.3 is 0 Å². The van der Waals surface area contributed by atoms with Crippen molar-refractivity contribution in [2.75, 3.05) is 13.7 Å². The Hall–Kier alpha value is -1.42. The Balaban J connectivity index is 2.01. The molecule has 0 saturated carbocycles. The van der Waals surface area contributed by atoms with Gasteiger partial charge in [0.15, 0.2) is 11.5 Å². The first kappa shape index (κ1) is 19.9. The normalized spacial score (nSPS) is 11.0. The number of nitrogens with one attached hydrogen (secondary N) is 1. The Morgan fingerprint density at radius 2 is 1.76 bits per heavy atom. The summed E-state index contributed by atoms with van der Waals surface area (Å²) in [6, 6.07) is 11.3. The summed E-state index contributed by atoms with van der Waals surface area (Å²) in [5.41, 5.74) is 2.03. The monoisotopic (exact) mass is 381 g/mol. The summed E-state index contributed by atoms with van der Waals surface area (Å²) < 4.78 is 11.3. The maximum atomic E-state index is 6.41. The highest BCUT2D eigenvalue weighted by atomic mass is 35.5. The molecule has 0 bridgehead atoms. The van der Waals surface area contributed by atoms with Crippen LogP contribution in [0.25, 0.3) is 0 Å². The van der Waals surface area contributed by atoms with E-state index in [0.717, 1.165) is 24.1 Å². The molecular weight excluding hydrogens is 357 g/mol. The molecule has 3 nitrogen and oxygen atoms in total. The van der Waals surface area contributed by atoms with Crippen molar-refractivity contribution in [1.29, 1.82) is 0 Å². The Labute approximate surface area is 160 Å². The van der Waals surface area contributed by atoms with E-state index in [0.29, 0.717) is 40.6 Å². The minimum Gasteiger partial charge on any atom is -0.493 e.